The Morgan fingerprint density at radius 1 is 0.667 bits per heavy atom. The molecule has 0 fully saturated rings. The molecule has 0 bridgehead atoms. The average Bonchev–Trinajstić information content (AvgIpc) is 3.49. The third-order valence-electron chi connectivity index (χ3n) is 8.87. The van der Waals surface area contributed by atoms with Gasteiger partial charge in [0.1, 0.15) is 0 Å². The largest absolute Gasteiger partial charge is 0.345 e. The molecule has 0 aromatic heterocycles. The van der Waals surface area contributed by atoms with Gasteiger partial charge < -0.3 is 9.80 Å². The second-order valence-electron chi connectivity index (χ2n) is 12.3. The van der Waals surface area contributed by atoms with E-state index < -0.39 is 0 Å². The summed E-state index contributed by atoms with van der Waals surface area (Å²) in [5.74, 6) is 0.699. The first-order chi connectivity index (χ1) is 22.0. The van der Waals surface area contributed by atoms with E-state index in [1.807, 2.05) is 0 Å². The van der Waals surface area contributed by atoms with Crippen molar-refractivity contribution in [1.29, 1.82) is 0 Å². The highest BCUT2D eigenvalue weighted by atomic mass is 15.1. The predicted molar refractivity (Wildman–Crippen MR) is 194 cm³/mol. The molecule has 45 heavy (non-hydrogen) atoms. The van der Waals surface area contributed by atoms with Gasteiger partial charge in [0, 0.05) is 35.5 Å². The second kappa shape index (κ2) is 13.9. The van der Waals surface area contributed by atoms with E-state index in [1.165, 1.54) is 50.6 Å². The number of allylic oxidation sites excluding steroid dienone is 19. The normalized spacial score (nSPS) is 21.2. The number of nitrogens with zero attached hydrogens (tertiary/aromatic N) is 2. The van der Waals surface area contributed by atoms with Crippen LogP contribution in [0.5, 0.6) is 0 Å². The van der Waals surface area contributed by atoms with Crippen molar-refractivity contribution in [1.82, 2.24) is 4.90 Å². The van der Waals surface area contributed by atoms with Crippen molar-refractivity contribution < 1.29 is 0 Å². The standard InChI is InChI=1S/C43H44N2/c1-32-21-24-41(30-33(2)29-32)44(4)38-25-22-34(3)43(28-27-38)36-15-11-19-40(26-23-36)45(39-17-9-6-10-18-39)42-20-12-16-37(31-42)35-13-7-5-8-14-35/h6-7,9-10,12-31,33-34H,5,8,11H2,1-4H3. The molecule has 2 heteroatoms. The minimum absolute atomic E-state index is 0.296. The van der Waals surface area contributed by atoms with Gasteiger partial charge in [0.15, 0.2) is 0 Å². The Bertz CT molecular complexity index is 1760. The third kappa shape index (κ3) is 7.13. The number of benzene rings is 2. The third-order valence-corrected chi connectivity index (χ3v) is 8.87. The average molecular weight is 589 g/mol. The van der Waals surface area contributed by atoms with E-state index >= 15 is 0 Å². The maximum absolute atomic E-state index is 2.38. The number of para-hydroxylation sites is 1. The molecule has 2 nitrogen and oxygen atoms in total. The van der Waals surface area contributed by atoms with Crippen molar-refractivity contribution in [3.63, 3.8) is 0 Å². The van der Waals surface area contributed by atoms with Gasteiger partial charge >= 0.3 is 0 Å². The first-order valence-electron chi connectivity index (χ1n) is 16.3. The lowest BCUT2D eigenvalue weighted by Gasteiger charge is -2.27. The number of hydrogen-bond donors (Lipinski definition) is 0. The van der Waals surface area contributed by atoms with Crippen molar-refractivity contribution in [2.45, 2.75) is 40.0 Å². The fraction of sp³-hybridized carbons (Fsp3) is 0.209. The van der Waals surface area contributed by atoms with Gasteiger partial charge in [-0.3, -0.25) is 0 Å². The smallest absolute Gasteiger partial charge is 0.0467 e. The summed E-state index contributed by atoms with van der Waals surface area (Å²) in [6, 6.07) is 19.7. The number of likely N-dealkylation sites (N-methyl/N-ethyl adjacent to an activating group) is 1. The monoisotopic (exact) mass is 588 g/mol. The molecule has 0 amide bonds. The zero-order valence-corrected chi connectivity index (χ0v) is 27.0. The molecule has 226 valence electrons. The first-order valence-corrected chi connectivity index (χ1v) is 16.3. The Balaban J connectivity index is 1.28. The molecule has 2 aromatic rings. The summed E-state index contributed by atoms with van der Waals surface area (Å²) in [6.07, 6.45) is 37.5. The fourth-order valence-electron chi connectivity index (χ4n) is 6.42. The molecule has 0 radical (unpaired) electrons. The van der Waals surface area contributed by atoms with Crippen LogP contribution in [0, 0.1) is 11.8 Å². The second-order valence-corrected chi connectivity index (χ2v) is 12.3. The molecular weight excluding hydrogens is 544 g/mol. The van der Waals surface area contributed by atoms with Crippen LogP contribution >= 0.6 is 0 Å². The maximum atomic E-state index is 2.38. The van der Waals surface area contributed by atoms with Gasteiger partial charge in [0.25, 0.3) is 0 Å². The van der Waals surface area contributed by atoms with Crippen molar-refractivity contribution >= 4 is 16.9 Å². The summed E-state index contributed by atoms with van der Waals surface area (Å²) in [4.78, 5) is 4.68. The summed E-state index contributed by atoms with van der Waals surface area (Å²) < 4.78 is 0. The number of hydrogen-bond acceptors (Lipinski definition) is 2. The molecule has 0 saturated carbocycles. The summed E-state index contributed by atoms with van der Waals surface area (Å²) in [6.45, 7) is 6.71. The highest BCUT2D eigenvalue weighted by Gasteiger charge is 2.18. The Labute approximate surface area is 270 Å². The van der Waals surface area contributed by atoms with Gasteiger partial charge in [-0.25, -0.2) is 0 Å². The van der Waals surface area contributed by atoms with Crippen LogP contribution in [-0.2, 0) is 0 Å². The van der Waals surface area contributed by atoms with Gasteiger partial charge in [-0.05, 0) is 109 Å². The molecule has 4 aliphatic rings. The van der Waals surface area contributed by atoms with E-state index in [9.17, 15) is 0 Å². The Kier molecular flexibility index (Phi) is 9.31. The molecular formula is C43H44N2. The predicted octanol–water partition coefficient (Wildman–Crippen LogP) is 11.3. The van der Waals surface area contributed by atoms with Crippen LogP contribution in [-0.4, -0.2) is 11.9 Å². The zero-order chi connectivity index (χ0) is 31.2. The zero-order valence-electron chi connectivity index (χ0n) is 27.0. The lowest BCUT2D eigenvalue weighted by Crippen LogP contribution is -2.15. The molecule has 2 atom stereocenters. The van der Waals surface area contributed by atoms with Gasteiger partial charge in [-0.2, -0.15) is 0 Å². The fourth-order valence-corrected chi connectivity index (χ4v) is 6.42. The molecule has 0 saturated heterocycles. The van der Waals surface area contributed by atoms with Gasteiger partial charge in [-0.1, -0.05) is 117 Å². The molecule has 0 N–H and O–H groups in total. The van der Waals surface area contributed by atoms with Crippen molar-refractivity contribution in [3.8, 4) is 0 Å². The summed E-state index contributed by atoms with van der Waals surface area (Å²) >= 11 is 0. The maximum Gasteiger partial charge on any atom is 0.0467 e. The van der Waals surface area contributed by atoms with Crippen LogP contribution in [0.3, 0.4) is 0 Å². The molecule has 4 aliphatic carbocycles. The van der Waals surface area contributed by atoms with Gasteiger partial charge in [0.05, 0.1) is 0 Å². The van der Waals surface area contributed by atoms with E-state index in [0.717, 1.165) is 24.9 Å². The van der Waals surface area contributed by atoms with Gasteiger partial charge in [0.2, 0.25) is 0 Å². The summed E-state index contributed by atoms with van der Waals surface area (Å²) in [5, 5.41) is 0. The van der Waals surface area contributed by atoms with E-state index in [2.05, 4.69) is 183 Å². The minimum Gasteiger partial charge on any atom is -0.345 e. The van der Waals surface area contributed by atoms with Gasteiger partial charge in [-0.15, -0.1) is 0 Å². The van der Waals surface area contributed by atoms with Crippen LogP contribution < -0.4 is 4.90 Å². The quantitative estimate of drug-likeness (QED) is 0.317. The molecule has 6 rings (SSSR count). The minimum atomic E-state index is 0.296. The van der Waals surface area contributed by atoms with Crippen LogP contribution in [0.15, 0.2) is 180 Å². The molecule has 2 unspecified atom stereocenters. The van der Waals surface area contributed by atoms with Crippen molar-refractivity contribution in [2.75, 3.05) is 11.9 Å². The first kappa shape index (κ1) is 30.2. The van der Waals surface area contributed by atoms with Crippen LogP contribution in [0.4, 0.5) is 11.4 Å². The number of anilines is 2. The highest BCUT2D eigenvalue weighted by molar-refractivity contribution is 5.79. The molecule has 0 aliphatic heterocycles. The lowest BCUT2D eigenvalue weighted by atomic mass is 9.93. The van der Waals surface area contributed by atoms with Crippen LogP contribution in [0.25, 0.3) is 5.57 Å². The van der Waals surface area contributed by atoms with Crippen molar-refractivity contribution in [2.24, 2.45) is 11.8 Å². The Morgan fingerprint density at radius 2 is 1.49 bits per heavy atom. The van der Waals surface area contributed by atoms with E-state index in [4.69, 9.17) is 0 Å². The molecule has 0 spiro atoms. The lowest BCUT2D eigenvalue weighted by molar-refractivity contribution is 0.548. The summed E-state index contributed by atoms with van der Waals surface area (Å²) in [5.41, 5.74) is 12.4. The Morgan fingerprint density at radius 3 is 2.31 bits per heavy atom. The molecule has 0 heterocycles. The van der Waals surface area contributed by atoms with Crippen molar-refractivity contribution in [3.05, 3.63) is 185 Å². The Hall–Kier alpha value is -4.82. The highest BCUT2D eigenvalue weighted by Crippen LogP contribution is 2.36. The SMILES string of the molecule is CC1=CC(C)C=C(N(C)C2=CC=C(C3=CCC=C(N(c4ccccc4)c4cccc(C5=CCCC=C5)c4)C=C3)C(C)C=C2)C=C1. The number of rotatable bonds is 7. The van der Waals surface area contributed by atoms with E-state index in [-0.39, 0.29) is 0 Å². The summed E-state index contributed by atoms with van der Waals surface area (Å²) in [7, 11) is 2.17. The topological polar surface area (TPSA) is 6.48 Å². The van der Waals surface area contributed by atoms with Crippen LogP contribution in [0.1, 0.15) is 45.6 Å². The van der Waals surface area contributed by atoms with Crippen LogP contribution in [0.2, 0.25) is 0 Å². The van der Waals surface area contributed by atoms with E-state index in [1.54, 1.807) is 0 Å². The van der Waals surface area contributed by atoms with E-state index in [0.29, 0.717) is 11.8 Å². The molecule has 2 aromatic carbocycles.